The third-order valence-electron chi connectivity index (χ3n) is 1.60. The molecule has 0 aliphatic heterocycles. The second kappa shape index (κ2) is 9.03. The molecule has 0 aromatic rings. The van der Waals surface area contributed by atoms with Crippen molar-refractivity contribution in [2.45, 2.75) is 39.0 Å². The van der Waals surface area contributed by atoms with Crippen molar-refractivity contribution >= 4 is 12.2 Å². The van der Waals surface area contributed by atoms with Crippen LogP contribution in [0.2, 0.25) is 0 Å². The van der Waals surface area contributed by atoms with E-state index >= 15 is 0 Å². The molecular weight excluding hydrogens is 170 g/mol. The van der Waals surface area contributed by atoms with Crippen LogP contribution in [0.15, 0.2) is 5.16 Å². The summed E-state index contributed by atoms with van der Waals surface area (Å²) in [6.07, 6.45) is 5.47. The van der Waals surface area contributed by atoms with Crippen LogP contribution in [0.25, 0.3) is 0 Å². The van der Waals surface area contributed by atoms with Crippen LogP contribution in [-0.2, 0) is 9.53 Å². The van der Waals surface area contributed by atoms with E-state index in [9.17, 15) is 4.79 Å². The summed E-state index contributed by atoms with van der Waals surface area (Å²) in [6.45, 7) is 2.26. The molecule has 0 aromatic carbocycles. The average molecular weight is 187 g/mol. The number of esters is 1. The highest BCUT2D eigenvalue weighted by Crippen LogP contribution is 2.02. The van der Waals surface area contributed by atoms with Crippen LogP contribution in [0.1, 0.15) is 39.0 Å². The first-order valence-electron chi connectivity index (χ1n) is 4.62. The summed E-state index contributed by atoms with van der Waals surface area (Å²) in [5.74, 6) is -0.127. The first kappa shape index (κ1) is 11.9. The smallest absolute Gasteiger partial charge is 0.305 e. The molecule has 0 atom stereocenters. The maximum atomic E-state index is 10.8. The molecular formula is C9H17NO3. The number of hydrogen-bond acceptors (Lipinski definition) is 4. The van der Waals surface area contributed by atoms with Crippen molar-refractivity contribution < 1.29 is 14.7 Å². The minimum Gasteiger partial charge on any atom is -0.466 e. The Hall–Kier alpha value is -1.06. The Balaban J connectivity index is 3.11. The molecule has 4 nitrogen and oxygen atoms in total. The van der Waals surface area contributed by atoms with E-state index in [1.54, 1.807) is 6.92 Å². The zero-order valence-electron chi connectivity index (χ0n) is 8.03. The summed E-state index contributed by atoms with van der Waals surface area (Å²) in [5, 5.41) is 11.0. The number of rotatable bonds is 7. The Bertz CT molecular complexity index is 157. The van der Waals surface area contributed by atoms with Crippen molar-refractivity contribution in [1.29, 1.82) is 0 Å². The average Bonchev–Trinajstić information content (AvgIpc) is 2.11. The molecule has 0 rings (SSSR count). The molecule has 0 heterocycles. The Morgan fingerprint density at radius 1 is 1.46 bits per heavy atom. The van der Waals surface area contributed by atoms with Gasteiger partial charge in [-0.25, -0.2) is 0 Å². The minimum absolute atomic E-state index is 0.127. The summed E-state index contributed by atoms with van der Waals surface area (Å²) in [5.41, 5.74) is 0. The summed E-state index contributed by atoms with van der Waals surface area (Å²) in [7, 11) is 0. The van der Waals surface area contributed by atoms with Gasteiger partial charge >= 0.3 is 5.97 Å². The molecule has 0 unspecified atom stereocenters. The molecule has 0 saturated heterocycles. The highest BCUT2D eigenvalue weighted by atomic mass is 16.5. The van der Waals surface area contributed by atoms with E-state index in [1.807, 2.05) is 0 Å². The topological polar surface area (TPSA) is 58.9 Å². The minimum atomic E-state index is -0.127. The SMILES string of the molecule is CCOC(=O)CCCCCC=NO. The van der Waals surface area contributed by atoms with Crippen molar-refractivity contribution in [2.75, 3.05) is 6.61 Å². The molecule has 13 heavy (non-hydrogen) atoms. The fourth-order valence-corrected chi connectivity index (χ4v) is 0.973. The second-order valence-corrected chi connectivity index (χ2v) is 2.70. The fourth-order valence-electron chi connectivity index (χ4n) is 0.973. The van der Waals surface area contributed by atoms with E-state index in [4.69, 9.17) is 9.94 Å². The predicted octanol–water partition coefficient (Wildman–Crippen LogP) is 1.96. The molecule has 0 amide bonds. The zero-order chi connectivity index (χ0) is 9.94. The van der Waals surface area contributed by atoms with E-state index in [-0.39, 0.29) is 5.97 Å². The van der Waals surface area contributed by atoms with Crippen molar-refractivity contribution in [3.05, 3.63) is 0 Å². The van der Waals surface area contributed by atoms with Gasteiger partial charge in [-0.15, -0.1) is 5.16 Å². The number of oxime groups is 1. The largest absolute Gasteiger partial charge is 0.466 e. The summed E-state index contributed by atoms with van der Waals surface area (Å²) in [4.78, 5) is 10.8. The lowest BCUT2D eigenvalue weighted by Gasteiger charge is -2.00. The third kappa shape index (κ3) is 8.85. The van der Waals surface area contributed by atoms with Crippen LogP contribution in [0.5, 0.6) is 0 Å². The molecule has 0 fully saturated rings. The monoisotopic (exact) mass is 187 g/mol. The van der Waals surface area contributed by atoms with Crippen LogP contribution < -0.4 is 0 Å². The summed E-state index contributed by atoms with van der Waals surface area (Å²) in [6, 6.07) is 0. The van der Waals surface area contributed by atoms with Gasteiger partial charge in [-0.3, -0.25) is 4.79 Å². The van der Waals surface area contributed by atoms with Gasteiger partial charge in [0.2, 0.25) is 0 Å². The Morgan fingerprint density at radius 2 is 2.23 bits per heavy atom. The maximum absolute atomic E-state index is 10.8. The van der Waals surface area contributed by atoms with E-state index in [1.165, 1.54) is 6.21 Å². The van der Waals surface area contributed by atoms with Crippen LogP contribution >= 0.6 is 0 Å². The molecule has 1 N–H and O–H groups in total. The zero-order valence-corrected chi connectivity index (χ0v) is 8.03. The lowest BCUT2D eigenvalue weighted by molar-refractivity contribution is -0.143. The Labute approximate surface area is 78.6 Å². The normalized spacial score (nSPS) is 10.5. The van der Waals surface area contributed by atoms with Gasteiger partial charge in [-0.05, 0) is 26.2 Å². The fraction of sp³-hybridized carbons (Fsp3) is 0.778. The number of carbonyl (C=O) groups excluding carboxylic acids is 1. The molecule has 0 radical (unpaired) electrons. The number of carbonyl (C=O) groups is 1. The first-order chi connectivity index (χ1) is 6.31. The highest BCUT2D eigenvalue weighted by molar-refractivity contribution is 5.69. The van der Waals surface area contributed by atoms with Crippen LogP contribution in [-0.4, -0.2) is 24.0 Å². The second-order valence-electron chi connectivity index (χ2n) is 2.70. The van der Waals surface area contributed by atoms with Gasteiger partial charge in [-0.2, -0.15) is 0 Å². The van der Waals surface area contributed by atoms with Gasteiger partial charge in [0.25, 0.3) is 0 Å². The van der Waals surface area contributed by atoms with Crippen LogP contribution in [0.4, 0.5) is 0 Å². The molecule has 0 spiro atoms. The molecule has 0 saturated carbocycles. The summed E-state index contributed by atoms with van der Waals surface area (Å²) < 4.78 is 4.76. The summed E-state index contributed by atoms with van der Waals surface area (Å²) >= 11 is 0. The van der Waals surface area contributed by atoms with Crippen molar-refractivity contribution in [2.24, 2.45) is 5.16 Å². The molecule has 4 heteroatoms. The van der Waals surface area contributed by atoms with Crippen molar-refractivity contribution in [3.8, 4) is 0 Å². The van der Waals surface area contributed by atoms with E-state index in [0.717, 1.165) is 25.7 Å². The van der Waals surface area contributed by atoms with Gasteiger partial charge < -0.3 is 9.94 Å². The van der Waals surface area contributed by atoms with Gasteiger partial charge in [0, 0.05) is 12.6 Å². The maximum Gasteiger partial charge on any atom is 0.305 e. The molecule has 76 valence electrons. The standard InChI is InChI=1S/C9H17NO3/c1-2-13-9(11)7-5-3-4-6-8-10-12/h8,12H,2-7H2,1H3. The Morgan fingerprint density at radius 3 is 2.85 bits per heavy atom. The lowest BCUT2D eigenvalue weighted by Crippen LogP contribution is -2.03. The highest BCUT2D eigenvalue weighted by Gasteiger charge is 1.99. The Kier molecular flexibility index (Phi) is 8.30. The molecule has 0 aliphatic rings. The van der Waals surface area contributed by atoms with Crippen molar-refractivity contribution in [3.63, 3.8) is 0 Å². The third-order valence-corrected chi connectivity index (χ3v) is 1.60. The van der Waals surface area contributed by atoms with Gasteiger partial charge in [0.15, 0.2) is 0 Å². The van der Waals surface area contributed by atoms with E-state index < -0.39 is 0 Å². The van der Waals surface area contributed by atoms with Gasteiger partial charge in [-0.1, -0.05) is 6.42 Å². The quantitative estimate of drug-likeness (QED) is 0.218. The van der Waals surface area contributed by atoms with Crippen LogP contribution in [0, 0.1) is 0 Å². The van der Waals surface area contributed by atoms with Crippen LogP contribution in [0.3, 0.4) is 0 Å². The lowest BCUT2D eigenvalue weighted by atomic mass is 10.1. The molecule has 0 aliphatic carbocycles. The number of unbranched alkanes of at least 4 members (excludes halogenated alkanes) is 3. The van der Waals surface area contributed by atoms with Gasteiger partial charge in [0.05, 0.1) is 6.61 Å². The predicted molar refractivity (Wildman–Crippen MR) is 50.0 cm³/mol. The first-order valence-corrected chi connectivity index (χ1v) is 4.62. The van der Waals surface area contributed by atoms with Crippen molar-refractivity contribution in [1.82, 2.24) is 0 Å². The number of ether oxygens (including phenoxy) is 1. The van der Waals surface area contributed by atoms with E-state index in [0.29, 0.717) is 13.0 Å². The number of nitrogens with zero attached hydrogens (tertiary/aromatic N) is 1. The number of hydrogen-bond donors (Lipinski definition) is 1. The van der Waals surface area contributed by atoms with Gasteiger partial charge in [0.1, 0.15) is 0 Å². The molecule has 0 aromatic heterocycles. The molecule has 0 bridgehead atoms. The van der Waals surface area contributed by atoms with E-state index in [2.05, 4.69) is 5.16 Å².